The first-order valence-corrected chi connectivity index (χ1v) is 8.95. The molecule has 0 aliphatic rings. The van der Waals surface area contributed by atoms with Crippen molar-refractivity contribution in [1.82, 2.24) is 14.4 Å². The number of nitrogens with zero attached hydrogens (tertiary/aromatic N) is 3. The molecule has 132 valence electrons. The van der Waals surface area contributed by atoms with Crippen molar-refractivity contribution >= 4 is 15.7 Å². The van der Waals surface area contributed by atoms with E-state index in [0.717, 1.165) is 5.56 Å². The zero-order valence-corrected chi connectivity index (χ0v) is 14.9. The van der Waals surface area contributed by atoms with Gasteiger partial charge >= 0.3 is 0 Å². The predicted molar refractivity (Wildman–Crippen MR) is 91.4 cm³/mol. The van der Waals surface area contributed by atoms with Gasteiger partial charge in [0.05, 0.1) is 17.7 Å². The van der Waals surface area contributed by atoms with Crippen molar-refractivity contribution in [1.29, 1.82) is 0 Å². The largest absolute Gasteiger partial charge is 0.461 e. The lowest BCUT2D eigenvalue weighted by Crippen LogP contribution is -2.22. The number of aryl methyl sites for hydroxylation is 1. The molecule has 0 radical (unpaired) electrons. The van der Waals surface area contributed by atoms with Gasteiger partial charge < -0.3 is 14.3 Å². The van der Waals surface area contributed by atoms with Gasteiger partial charge in [0.25, 0.3) is 0 Å². The molecule has 0 aliphatic heterocycles. The molecule has 0 fully saturated rings. The Balaban J connectivity index is 1.77. The normalized spacial score (nSPS) is 11.8. The van der Waals surface area contributed by atoms with E-state index in [1.807, 2.05) is 6.92 Å². The van der Waals surface area contributed by atoms with Crippen LogP contribution in [0.5, 0.6) is 0 Å². The summed E-state index contributed by atoms with van der Waals surface area (Å²) in [5, 5.41) is 6.98. The van der Waals surface area contributed by atoms with Crippen LogP contribution >= 0.6 is 0 Å². The molecule has 9 heteroatoms. The van der Waals surface area contributed by atoms with Crippen LogP contribution in [0.25, 0.3) is 11.6 Å². The Morgan fingerprint density at radius 3 is 2.72 bits per heavy atom. The Bertz CT molecular complexity index is 962. The summed E-state index contributed by atoms with van der Waals surface area (Å²) in [6.45, 7) is 2.15. The summed E-state index contributed by atoms with van der Waals surface area (Å²) in [6, 6.07) is 8.40. The van der Waals surface area contributed by atoms with Crippen molar-refractivity contribution in [3.05, 3.63) is 48.0 Å². The Kier molecular flexibility index (Phi) is 4.60. The number of hydrogen-bond acceptors (Lipinski definition) is 7. The molecule has 0 atom stereocenters. The monoisotopic (exact) mass is 362 g/mol. The number of nitrogens with one attached hydrogen (secondary N) is 1. The Morgan fingerprint density at radius 2 is 2.04 bits per heavy atom. The molecule has 0 bridgehead atoms. The van der Waals surface area contributed by atoms with E-state index in [4.69, 9.17) is 8.94 Å². The number of benzene rings is 1. The van der Waals surface area contributed by atoms with Gasteiger partial charge in [-0.25, -0.2) is 12.7 Å². The van der Waals surface area contributed by atoms with E-state index in [9.17, 15) is 8.42 Å². The SMILES string of the molecule is Cc1ccc(S(=O)(=O)N(C)C)cc1NCc1nc(-c2ccco2)no1. The molecular weight excluding hydrogens is 344 g/mol. The Morgan fingerprint density at radius 1 is 1.24 bits per heavy atom. The lowest BCUT2D eigenvalue weighted by Gasteiger charge is -2.14. The first-order valence-electron chi connectivity index (χ1n) is 7.51. The highest BCUT2D eigenvalue weighted by molar-refractivity contribution is 7.89. The minimum atomic E-state index is -3.50. The highest BCUT2D eigenvalue weighted by Gasteiger charge is 2.18. The average molecular weight is 362 g/mol. The van der Waals surface area contributed by atoms with Gasteiger partial charge in [0.1, 0.15) is 0 Å². The van der Waals surface area contributed by atoms with Gasteiger partial charge in [0.2, 0.25) is 21.7 Å². The topological polar surface area (TPSA) is 101 Å². The maximum atomic E-state index is 12.3. The smallest absolute Gasteiger partial charge is 0.246 e. The quantitative estimate of drug-likeness (QED) is 0.719. The third-order valence-corrected chi connectivity index (χ3v) is 5.44. The summed E-state index contributed by atoms with van der Waals surface area (Å²) in [4.78, 5) is 4.45. The summed E-state index contributed by atoms with van der Waals surface area (Å²) in [6.07, 6.45) is 1.53. The standard InChI is InChI=1S/C16H18N4O4S/c1-11-6-7-12(25(21,22)20(2)3)9-13(11)17-10-15-18-16(19-24-15)14-5-4-8-23-14/h4-9,17H,10H2,1-3H3. The van der Waals surface area contributed by atoms with Crippen LogP contribution in [0, 0.1) is 6.92 Å². The number of hydrogen-bond donors (Lipinski definition) is 1. The third kappa shape index (κ3) is 3.57. The fraction of sp³-hybridized carbons (Fsp3) is 0.250. The van der Waals surface area contributed by atoms with Crippen LogP contribution < -0.4 is 5.32 Å². The average Bonchev–Trinajstić information content (AvgIpc) is 3.25. The fourth-order valence-corrected chi connectivity index (χ4v) is 3.09. The molecule has 8 nitrogen and oxygen atoms in total. The van der Waals surface area contributed by atoms with Crippen molar-refractivity contribution in [3.63, 3.8) is 0 Å². The number of sulfonamides is 1. The first kappa shape index (κ1) is 17.2. The fourth-order valence-electron chi connectivity index (χ4n) is 2.17. The second kappa shape index (κ2) is 6.69. The molecule has 0 unspecified atom stereocenters. The highest BCUT2D eigenvalue weighted by Crippen LogP contribution is 2.23. The van der Waals surface area contributed by atoms with Gasteiger partial charge in [0, 0.05) is 19.8 Å². The van der Waals surface area contributed by atoms with Gasteiger partial charge in [-0.15, -0.1) is 0 Å². The minimum absolute atomic E-state index is 0.215. The van der Waals surface area contributed by atoms with Crippen molar-refractivity contribution in [3.8, 4) is 11.6 Å². The van der Waals surface area contributed by atoms with Crippen molar-refractivity contribution in [2.75, 3.05) is 19.4 Å². The van der Waals surface area contributed by atoms with Crippen LogP contribution in [0.2, 0.25) is 0 Å². The van der Waals surface area contributed by atoms with Crippen LogP contribution in [0.15, 0.2) is 50.4 Å². The maximum absolute atomic E-state index is 12.3. The highest BCUT2D eigenvalue weighted by atomic mass is 32.2. The molecule has 0 spiro atoms. The van der Waals surface area contributed by atoms with E-state index in [-0.39, 0.29) is 11.4 Å². The molecule has 3 aromatic rings. The lowest BCUT2D eigenvalue weighted by atomic mass is 10.2. The van der Waals surface area contributed by atoms with Gasteiger partial charge in [0.15, 0.2) is 5.76 Å². The van der Waals surface area contributed by atoms with E-state index < -0.39 is 10.0 Å². The number of aromatic nitrogens is 2. The van der Waals surface area contributed by atoms with Crippen LogP contribution in [0.3, 0.4) is 0 Å². The molecule has 3 rings (SSSR count). The molecule has 1 aromatic carbocycles. The summed E-state index contributed by atoms with van der Waals surface area (Å²) < 4.78 is 36.1. The summed E-state index contributed by atoms with van der Waals surface area (Å²) in [5.41, 5.74) is 1.59. The summed E-state index contributed by atoms with van der Waals surface area (Å²) >= 11 is 0. The molecule has 0 saturated carbocycles. The molecule has 25 heavy (non-hydrogen) atoms. The zero-order valence-electron chi connectivity index (χ0n) is 14.1. The summed E-state index contributed by atoms with van der Waals surface area (Å²) in [7, 11) is -0.501. The van der Waals surface area contributed by atoms with Crippen molar-refractivity contribution in [2.24, 2.45) is 0 Å². The molecule has 2 heterocycles. The summed E-state index contributed by atoms with van der Waals surface area (Å²) in [5.74, 6) is 1.25. The minimum Gasteiger partial charge on any atom is -0.461 e. The second-order valence-electron chi connectivity index (χ2n) is 5.61. The van der Waals surface area contributed by atoms with Gasteiger partial charge in [-0.1, -0.05) is 11.2 Å². The lowest BCUT2D eigenvalue weighted by molar-refractivity contribution is 0.382. The number of rotatable bonds is 6. The molecule has 0 aliphatic carbocycles. The number of anilines is 1. The molecule has 0 saturated heterocycles. The Labute approximate surface area is 145 Å². The van der Waals surface area contributed by atoms with Crippen molar-refractivity contribution < 1.29 is 17.4 Å². The van der Waals surface area contributed by atoms with E-state index in [1.54, 1.807) is 30.3 Å². The van der Waals surface area contributed by atoms with E-state index in [1.165, 1.54) is 24.7 Å². The van der Waals surface area contributed by atoms with E-state index >= 15 is 0 Å². The second-order valence-corrected chi connectivity index (χ2v) is 7.76. The van der Waals surface area contributed by atoms with Gasteiger partial charge in [-0.3, -0.25) is 0 Å². The van der Waals surface area contributed by atoms with Crippen LogP contribution in [-0.2, 0) is 16.6 Å². The molecule has 1 N–H and O–H groups in total. The number of furan rings is 1. The van der Waals surface area contributed by atoms with Gasteiger partial charge in [-0.05, 0) is 36.8 Å². The van der Waals surface area contributed by atoms with E-state index in [2.05, 4.69) is 15.5 Å². The third-order valence-electron chi connectivity index (χ3n) is 3.63. The maximum Gasteiger partial charge on any atom is 0.246 e. The van der Waals surface area contributed by atoms with Gasteiger partial charge in [-0.2, -0.15) is 4.98 Å². The molecule has 0 amide bonds. The van der Waals surface area contributed by atoms with Crippen LogP contribution in [-0.4, -0.2) is 37.0 Å². The van der Waals surface area contributed by atoms with E-state index in [0.29, 0.717) is 23.2 Å². The predicted octanol–water partition coefficient (Wildman–Crippen LogP) is 2.50. The Hall–Kier alpha value is -2.65. The molecular formula is C16H18N4O4S. The van der Waals surface area contributed by atoms with Crippen molar-refractivity contribution in [2.45, 2.75) is 18.4 Å². The van der Waals surface area contributed by atoms with Crippen LogP contribution in [0.1, 0.15) is 11.5 Å². The first-order chi connectivity index (χ1) is 11.9. The molecule has 2 aromatic heterocycles. The zero-order chi connectivity index (χ0) is 18.0. The van der Waals surface area contributed by atoms with Crippen LogP contribution in [0.4, 0.5) is 5.69 Å².